The van der Waals surface area contributed by atoms with Crippen molar-refractivity contribution >= 4 is 70.5 Å². The number of hydrazine groups is 1. The summed E-state index contributed by atoms with van der Waals surface area (Å²) in [6.45, 7) is 1.91. The highest BCUT2D eigenvalue weighted by atomic mass is 35.5. The number of halogens is 5. The third-order valence-corrected chi connectivity index (χ3v) is 13.8. The first kappa shape index (κ1) is 45.3. The van der Waals surface area contributed by atoms with Gasteiger partial charge < -0.3 is 19.3 Å². The summed E-state index contributed by atoms with van der Waals surface area (Å²) < 4.78 is 57.5. The maximum atomic E-state index is 15.5. The Morgan fingerprint density at radius 2 is 1.63 bits per heavy atom. The molecule has 5 aromatic rings. The van der Waals surface area contributed by atoms with Gasteiger partial charge >= 0.3 is 6.18 Å². The number of aromatic nitrogens is 1. The van der Waals surface area contributed by atoms with Gasteiger partial charge in [-0.1, -0.05) is 83.4 Å². The number of pyridine rings is 1. The van der Waals surface area contributed by atoms with Crippen molar-refractivity contribution in [1.82, 2.24) is 9.99 Å². The first-order chi connectivity index (χ1) is 32.1. The summed E-state index contributed by atoms with van der Waals surface area (Å²) in [6, 6.07) is 24.1. The van der Waals surface area contributed by atoms with E-state index in [9.17, 15) is 27.9 Å². The van der Waals surface area contributed by atoms with Gasteiger partial charge in [0.2, 0.25) is 11.8 Å². The first-order valence-corrected chi connectivity index (χ1v) is 22.0. The van der Waals surface area contributed by atoms with Crippen LogP contribution in [-0.2, 0) is 30.8 Å². The zero-order valence-electron chi connectivity index (χ0n) is 36.0. The molecular weight excluding hydrogens is 912 g/mol. The minimum atomic E-state index is -4.78. The number of hydrogen-bond acceptors (Lipinski definition) is 10. The van der Waals surface area contributed by atoms with Gasteiger partial charge in [-0.15, -0.1) is 0 Å². The number of rotatable bonds is 11. The second-order valence-corrected chi connectivity index (χ2v) is 17.4. The molecule has 0 radical (unpaired) electrons. The Hall–Kier alpha value is -6.84. The number of nitrogens with zero attached hydrogens (tertiary/aromatic N) is 3. The van der Waals surface area contributed by atoms with Gasteiger partial charge in [0.25, 0.3) is 11.8 Å². The fraction of sp³-hybridized carbons (Fsp3) is 0.260. The summed E-state index contributed by atoms with van der Waals surface area (Å²) in [5.74, 6) is -6.93. The third kappa shape index (κ3) is 7.54. The van der Waals surface area contributed by atoms with Crippen molar-refractivity contribution in [2.75, 3.05) is 31.2 Å². The molecule has 3 fully saturated rings. The first-order valence-electron chi connectivity index (χ1n) is 21.3. The van der Waals surface area contributed by atoms with Gasteiger partial charge in [0.1, 0.15) is 11.5 Å². The number of allylic oxidation sites excluding steroid dienone is 2. The minimum absolute atomic E-state index is 0.0970. The van der Waals surface area contributed by atoms with Crippen LogP contribution in [0.4, 0.5) is 24.7 Å². The van der Waals surface area contributed by atoms with Crippen LogP contribution in [-0.4, -0.2) is 59.6 Å². The zero-order valence-corrected chi connectivity index (χ0v) is 37.5. The number of amides is 4. The van der Waals surface area contributed by atoms with Crippen LogP contribution >= 0.6 is 23.2 Å². The molecule has 344 valence electrons. The highest BCUT2D eigenvalue weighted by Crippen LogP contribution is 2.65. The summed E-state index contributed by atoms with van der Waals surface area (Å²) in [5, 5.41) is 12.6. The van der Waals surface area contributed by atoms with E-state index in [1.54, 1.807) is 100 Å². The number of imide groups is 2. The maximum Gasteiger partial charge on any atom is 0.417 e. The van der Waals surface area contributed by atoms with Crippen molar-refractivity contribution in [3.63, 3.8) is 0 Å². The van der Waals surface area contributed by atoms with E-state index in [4.69, 9.17) is 37.4 Å². The Kier molecular flexibility index (Phi) is 11.8. The Morgan fingerprint density at radius 3 is 2.30 bits per heavy atom. The SMILES string of the molecule is CCOc1cccc(C2C3=CCC4C(=O)N(c5ccc(C=Cc6cc(OC)ccc6OC)cc5)C(=O)C4C3CC3C(=O)N(Nc4ncc(C(F)(F)F)cc4Cl)C(=O)C32c2ccc(Cl)cc2)c1O. The molecule has 67 heavy (non-hydrogen) atoms. The Bertz CT molecular complexity index is 2890. The van der Waals surface area contributed by atoms with Crippen molar-refractivity contribution in [2.45, 2.75) is 37.3 Å². The summed E-state index contributed by atoms with van der Waals surface area (Å²) >= 11 is 12.7. The van der Waals surface area contributed by atoms with E-state index in [0.29, 0.717) is 50.6 Å². The van der Waals surface area contributed by atoms with Gasteiger partial charge in [-0.2, -0.15) is 18.2 Å². The Morgan fingerprint density at radius 1 is 0.881 bits per heavy atom. The molecule has 9 rings (SSSR count). The molecule has 17 heteroatoms. The molecule has 1 saturated carbocycles. The lowest BCUT2D eigenvalue weighted by molar-refractivity contribution is -0.139. The molecule has 2 aliphatic heterocycles. The molecule has 4 amide bonds. The number of ether oxygens (including phenoxy) is 3. The number of phenols is 1. The molecular formula is C50H41Cl2F3N4O8. The lowest BCUT2D eigenvalue weighted by Crippen LogP contribution is -2.53. The van der Waals surface area contributed by atoms with Crippen molar-refractivity contribution in [1.29, 1.82) is 0 Å². The van der Waals surface area contributed by atoms with Crippen molar-refractivity contribution in [3.05, 3.63) is 147 Å². The number of carbonyl (C=O) groups is 4. The van der Waals surface area contributed by atoms with Crippen molar-refractivity contribution < 1.29 is 51.7 Å². The van der Waals surface area contributed by atoms with Gasteiger partial charge in [-0.3, -0.25) is 29.5 Å². The standard InChI is InChI=1S/C50H41Cl2F3N4O8/c1-4-67-40-7-5-6-35(43(40)60)42-33-19-20-34-41(47(63)58(45(34)61)31-16-9-26(10-17-31)8-11-27-22-32(65-2)18-21-39(27)66-3)36(33)24-37-46(62)59(48(64)49(37,42)28-12-14-30(51)15-13-28)57-44-38(52)23-29(25-56-44)50(53,54)55/h5-19,21-23,25,34,36-37,41-42,60H,4,20,24H2,1-3H3,(H,56,57). The molecule has 3 heterocycles. The number of alkyl halides is 3. The van der Waals surface area contributed by atoms with Crippen LogP contribution in [0.2, 0.25) is 10.0 Å². The summed E-state index contributed by atoms with van der Waals surface area (Å²) in [7, 11) is 3.14. The number of carbonyl (C=O) groups excluding carboxylic acids is 4. The van der Waals surface area contributed by atoms with Gasteiger partial charge in [0.15, 0.2) is 17.3 Å². The molecule has 2 N–H and O–H groups in total. The molecule has 2 aliphatic carbocycles. The van der Waals surface area contributed by atoms with Crippen LogP contribution in [0.3, 0.4) is 0 Å². The van der Waals surface area contributed by atoms with Gasteiger partial charge in [0, 0.05) is 28.3 Å². The highest BCUT2D eigenvalue weighted by Gasteiger charge is 2.71. The van der Waals surface area contributed by atoms with E-state index >= 15 is 9.59 Å². The largest absolute Gasteiger partial charge is 0.504 e. The molecule has 0 spiro atoms. The van der Waals surface area contributed by atoms with E-state index in [0.717, 1.165) is 11.1 Å². The van der Waals surface area contributed by atoms with Gasteiger partial charge in [0.05, 0.1) is 60.3 Å². The predicted octanol–water partition coefficient (Wildman–Crippen LogP) is 9.89. The second kappa shape index (κ2) is 17.4. The third-order valence-electron chi connectivity index (χ3n) is 13.2. The number of phenolic OH excluding ortho intramolecular Hbond substituents is 1. The zero-order chi connectivity index (χ0) is 47.5. The molecule has 4 aliphatic rings. The second-order valence-electron chi connectivity index (χ2n) is 16.6. The molecule has 12 nitrogen and oxygen atoms in total. The average molecular weight is 954 g/mol. The average Bonchev–Trinajstić information content (AvgIpc) is 3.70. The number of hydrogen-bond donors (Lipinski definition) is 2. The fourth-order valence-corrected chi connectivity index (χ4v) is 10.7. The van der Waals surface area contributed by atoms with E-state index in [1.807, 2.05) is 24.3 Å². The van der Waals surface area contributed by atoms with E-state index in [-0.39, 0.29) is 36.5 Å². The van der Waals surface area contributed by atoms with E-state index in [1.165, 1.54) is 4.90 Å². The lowest BCUT2D eigenvalue weighted by Gasteiger charge is -2.50. The summed E-state index contributed by atoms with van der Waals surface area (Å²) in [4.78, 5) is 65.0. The normalized spacial score (nSPS) is 23.5. The van der Waals surface area contributed by atoms with E-state index < -0.39 is 81.2 Å². The maximum absolute atomic E-state index is 15.5. The molecule has 0 bridgehead atoms. The smallest absolute Gasteiger partial charge is 0.417 e. The Balaban J connectivity index is 1.13. The van der Waals surface area contributed by atoms with E-state index in [2.05, 4.69) is 10.4 Å². The topological polar surface area (TPSA) is 148 Å². The molecule has 6 atom stereocenters. The fourth-order valence-electron chi connectivity index (χ4n) is 10.3. The number of anilines is 2. The van der Waals surface area contributed by atoms with Crippen LogP contribution in [0.1, 0.15) is 53.5 Å². The number of benzene rings is 4. The summed E-state index contributed by atoms with van der Waals surface area (Å²) in [6.07, 6.45) is 1.27. The van der Waals surface area contributed by atoms with Crippen molar-refractivity contribution in [3.8, 4) is 23.0 Å². The molecule has 1 aromatic heterocycles. The van der Waals surface area contributed by atoms with Crippen LogP contribution in [0.5, 0.6) is 23.0 Å². The quantitative estimate of drug-likeness (QED) is 0.0745. The number of fused-ring (bicyclic) bond motifs is 4. The molecule has 2 saturated heterocycles. The number of para-hydroxylation sites is 1. The monoisotopic (exact) mass is 952 g/mol. The van der Waals surface area contributed by atoms with Crippen LogP contribution in [0.15, 0.2) is 109 Å². The number of nitrogens with one attached hydrogen (secondary N) is 1. The van der Waals surface area contributed by atoms with Crippen LogP contribution in [0.25, 0.3) is 12.2 Å². The van der Waals surface area contributed by atoms with Gasteiger partial charge in [-0.25, -0.2) is 4.98 Å². The predicted molar refractivity (Wildman–Crippen MR) is 244 cm³/mol. The van der Waals surface area contributed by atoms with Crippen LogP contribution < -0.4 is 24.5 Å². The van der Waals surface area contributed by atoms with Crippen LogP contribution in [0, 0.1) is 23.7 Å². The highest BCUT2D eigenvalue weighted by molar-refractivity contribution is 6.33. The number of aromatic hydroxyl groups is 1. The van der Waals surface area contributed by atoms with Crippen molar-refractivity contribution in [2.24, 2.45) is 23.7 Å². The molecule has 6 unspecified atom stereocenters. The van der Waals surface area contributed by atoms with Gasteiger partial charge in [-0.05, 0) is 91.4 Å². The summed E-state index contributed by atoms with van der Waals surface area (Å²) in [5.41, 5.74) is 2.57. The minimum Gasteiger partial charge on any atom is -0.504 e. The Labute approximate surface area is 392 Å². The lowest BCUT2D eigenvalue weighted by atomic mass is 9.49. The number of methoxy groups -OCH3 is 2. The molecule has 4 aromatic carbocycles.